The van der Waals surface area contributed by atoms with Gasteiger partial charge in [-0.3, -0.25) is 4.79 Å². The lowest BCUT2D eigenvalue weighted by Gasteiger charge is -2.28. The standard InChI is InChI=1S/C12H22N2O/c1-8(2)10(15)13-9-7-11(3,4)14-12(9,5)6/h9,14H,1,7H2,2-6H3,(H,13,15). The summed E-state index contributed by atoms with van der Waals surface area (Å²) in [6, 6.07) is 0.164. The molecule has 0 aromatic rings. The summed E-state index contributed by atoms with van der Waals surface area (Å²) in [5.41, 5.74) is 0.584. The molecule has 1 aliphatic heterocycles. The van der Waals surface area contributed by atoms with E-state index in [0.29, 0.717) is 5.57 Å². The number of carbonyl (C=O) groups is 1. The molecule has 1 heterocycles. The van der Waals surface area contributed by atoms with E-state index in [-0.39, 0.29) is 23.0 Å². The third kappa shape index (κ3) is 2.81. The molecule has 1 rings (SSSR count). The van der Waals surface area contributed by atoms with Gasteiger partial charge in [-0.15, -0.1) is 0 Å². The number of amides is 1. The molecular formula is C12H22N2O. The lowest BCUT2D eigenvalue weighted by Crippen LogP contribution is -2.52. The lowest BCUT2D eigenvalue weighted by atomic mass is 9.94. The van der Waals surface area contributed by atoms with Crippen molar-refractivity contribution in [3.63, 3.8) is 0 Å². The molecule has 0 aliphatic carbocycles. The summed E-state index contributed by atoms with van der Waals surface area (Å²) in [6.07, 6.45) is 0.943. The van der Waals surface area contributed by atoms with Gasteiger partial charge in [0.05, 0.1) is 0 Å². The highest BCUT2D eigenvalue weighted by Crippen LogP contribution is 2.30. The summed E-state index contributed by atoms with van der Waals surface area (Å²) in [5, 5.41) is 6.54. The average molecular weight is 210 g/mol. The van der Waals surface area contributed by atoms with Crippen molar-refractivity contribution in [1.29, 1.82) is 0 Å². The fourth-order valence-corrected chi connectivity index (χ4v) is 2.29. The van der Waals surface area contributed by atoms with Crippen LogP contribution in [-0.2, 0) is 4.79 Å². The zero-order chi connectivity index (χ0) is 11.9. The average Bonchev–Trinajstić information content (AvgIpc) is 2.18. The normalized spacial score (nSPS) is 27.4. The number of hydrogen-bond donors (Lipinski definition) is 2. The van der Waals surface area contributed by atoms with Crippen molar-refractivity contribution >= 4 is 5.91 Å². The first-order valence-electron chi connectivity index (χ1n) is 5.40. The summed E-state index contributed by atoms with van der Waals surface area (Å²) in [5.74, 6) is -0.0485. The van der Waals surface area contributed by atoms with Crippen molar-refractivity contribution in [2.45, 2.75) is 58.2 Å². The van der Waals surface area contributed by atoms with E-state index in [2.05, 4.69) is 44.9 Å². The van der Waals surface area contributed by atoms with Crippen LogP contribution in [0.5, 0.6) is 0 Å². The van der Waals surface area contributed by atoms with Gasteiger partial charge < -0.3 is 10.6 Å². The van der Waals surface area contributed by atoms with Crippen LogP contribution in [0.2, 0.25) is 0 Å². The van der Waals surface area contributed by atoms with Gasteiger partial charge in [0, 0.05) is 22.7 Å². The van der Waals surface area contributed by atoms with Gasteiger partial charge >= 0.3 is 0 Å². The van der Waals surface area contributed by atoms with E-state index in [4.69, 9.17) is 0 Å². The monoisotopic (exact) mass is 210 g/mol. The third-order valence-corrected chi connectivity index (χ3v) is 2.94. The Morgan fingerprint density at radius 1 is 1.40 bits per heavy atom. The van der Waals surface area contributed by atoms with E-state index in [1.165, 1.54) is 0 Å². The maximum atomic E-state index is 11.6. The minimum Gasteiger partial charge on any atom is -0.348 e. The van der Waals surface area contributed by atoms with Crippen molar-refractivity contribution in [1.82, 2.24) is 10.6 Å². The van der Waals surface area contributed by atoms with Crippen LogP contribution in [0.1, 0.15) is 41.0 Å². The van der Waals surface area contributed by atoms with E-state index < -0.39 is 0 Å². The van der Waals surface area contributed by atoms with Crippen LogP contribution in [0.25, 0.3) is 0 Å². The van der Waals surface area contributed by atoms with E-state index >= 15 is 0 Å². The van der Waals surface area contributed by atoms with Crippen molar-refractivity contribution in [2.24, 2.45) is 0 Å². The minimum absolute atomic E-state index is 0.0485. The SMILES string of the molecule is C=C(C)C(=O)NC1CC(C)(C)NC1(C)C. The molecule has 1 saturated heterocycles. The Kier molecular flexibility index (Phi) is 2.97. The Morgan fingerprint density at radius 3 is 2.27 bits per heavy atom. The maximum absolute atomic E-state index is 11.6. The topological polar surface area (TPSA) is 41.1 Å². The molecule has 1 fully saturated rings. The van der Waals surface area contributed by atoms with Gasteiger partial charge in [0.2, 0.25) is 5.91 Å². The molecule has 0 saturated carbocycles. The molecule has 0 aromatic heterocycles. The van der Waals surface area contributed by atoms with Crippen LogP contribution < -0.4 is 10.6 Å². The smallest absolute Gasteiger partial charge is 0.246 e. The van der Waals surface area contributed by atoms with Crippen molar-refractivity contribution < 1.29 is 4.79 Å². The summed E-state index contributed by atoms with van der Waals surface area (Å²) >= 11 is 0. The highest BCUT2D eigenvalue weighted by molar-refractivity contribution is 5.92. The molecule has 1 aliphatic rings. The number of nitrogens with one attached hydrogen (secondary N) is 2. The molecule has 2 N–H and O–H groups in total. The Labute approximate surface area is 92.3 Å². The first kappa shape index (κ1) is 12.2. The molecule has 1 amide bonds. The van der Waals surface area contributed by atoms with Crippen LogP contribution in [-0.4, -0.2) is 23.0 Å². The first-order chi connectivity index (χ1) is 6.64. The molecule has 3 nitrogen and oxygen atoms in total. The third-order valence-electron chi connectivity index (χ3n) is 2.94. The van der Waals surface area contributed by atoms with E-state index in [9.17, 15) is 4.79 Å². The zero-order valence-corrected chi connectivity index (χ0v) is 10.4. The van der Waals surface area contributed by atoms with Crippen LogP contribution in [0.15, 0.2) is 12.2 Å². The summed E-state index contributed by atoms with van der Waals surface area (Å²) in [7, 11) is 0. The van der Waals surface area contributed by atoms with Crippen molar-refractivity contribution in [3.05, 3.63) is 12.2 Å². The maximum Gasteiger partial charge on any atom is 0.246 e. The number of rotatable bonds is 2. The largest absolute Gasteiger partial charge is 0.348 e. The predicted octanol–water partition coefficient (Wildman–Crippen LogP) is 1.60. The van der Waals surface area contributed by atoms with Crippen LogP contribution >= 0.6 is 0 Å². The van der Waals surface area contributed by atoms with Crippen molar-refractivity contribution in [3.8, 4) is 0 Å². The number of hydrogen-bond acceptors (Lipinski definition) is 2. The Hall–Kier alpha value is -0.830. The van der Waals surface area contributed by atoms with E-state index in [1.807, 2.05) is 0 Å². The second-order valence-corrected chi connectivity index (χ2v) is 5.74. The van der Waals surface area contributed by atoms with Gasteiger partial charge in [0.15, 0.2) is 0 Å². The van der Waals surface area contributed by atoms with Gasteiger partial charge in [-0.25, -0.2) is 0 Å². The minimum atomic E-state index is -0.0609. The Bertz CT molecular complexity index is 292. The second-order valence-electron chi connectivity index (χ2n) is 5.74. The molecular weight excluding hydrogens is 188 g/mol. The summed E-state index contributed by atoms with van der Waals surface area (Å²) < 4.78 is 0. The van der Waals surface area contributed by atoms with Gasteiger partial charge in [0.25, 0.3) is 0 Å². The fourth-order valence-electron chi connectivity index (χ4n) is 2.29. The molecule has 86 valence electrons. The molecule has 1 unspecified atom stereocenters. The van der Waals surface area contributed by atoms with Gasteiger partial charge in [0.1, 0.15) is 0 Å². The molecule has 15 heavy (non-hydrogen) atoms. The summed E-state index contributed by atoms with van der Waals surface area (Å²) in [4.78, 5) is 11.6. The Balaban J connectivity index is 2.71. The second kappa shape index (κ2) is 3.63. The summed E-state index contributed by atoms with van der Waals surface area (Å²) in [6.45, 7) is 13.9. The molecule has 1 atom stereocenters. The fraction of sp³-hybridized carbons (Fsp3) is 0.750. The van der Waals surface area contributed by atoms with Gasteiger partial charge in [-0.1, -0.05) is 6.58 Å². The first-order valence-corrected chi connectivity index (χ1v) is 5.40. The molecule has 0 bridgehead atoms. The van der Waals surface area contributed by atoms with E-state index in [1.54, 1.807) is 6.92 Å². The molecule has 3 heteroatoms. The van der Waals surface area contributed by atoms with Crippen LogP contribution in [0.4, 0.5) is 0 Å². The zero-order valence-electron chi connectivity index (χ0n) is 10.4. The highest BCUT2D eigenvalue weighted by atomic mass is 16.1. The molecule has 0 spiro atoms. The lowest BCUT2D eigenvalue weighted by molar-refractivity contribution is -0.118. The van der Waals surface area contributed by atoms with Gasteiger partial charge in [-0.2, -0.15) is 0 Å². The molecule has 0 aromatic carbocycles. The highest BCUT2D eigenvalue weighted by Gasteiger charge is 2.44. The predicted molar refractivity (Wildman–Crippen MR) is 62.7 cm³/mol. The Morgan fingerprint density at radius 2 is 1.93 bits per heavy atom. The quantitative estimate of drug-likeness (QED) is 0.680. The number of carbonyl (C=O) groups excluding carboxylic acids is 1. The van der Waals surface area contributed by atoms with E-state index in [0.717, 1.165) is 6.42 Å². The van der Waals surface area contributed by atoms with Gasteiger partial charge in [-0.05, 0) is 41.0 Å². The van der Waals surface area contributed by atoms with Crippen LogP contribution in [0.3, 0.4) is 0 Å². The molecule has 0 radical (unpaired) electrons. The van der Waals surface area contributed by atoms with Crippen molar-refractivity contribution in [2.75, 3.05) is 0 Å². The van der Waals surface area contributed by atoms with Crippen LogP contribution in [0, 0.1) is 0 Å².